The van der Waals surface area contributed by atoms with E-state index in [1.807, 2.05) is 0 Å². The maximum Gasteiger partial charge on any atom is 0.128 e. The molecule has 3 fully saturated rings. The lowest BCUT2D eigenvalue weighted by Gasteiger charge is -2.56. The monoisotopic (exact) mass is 434 g/mol. The lowest BCUT2D eigenvalue weighted by molar-refractivity contribution is -0.0549. The average molecular weight is 435 g/mol. The summed E-state index contributed by atoms with van der Waals surface area (Å²) in [5, 5.41) is 31.2. The predicted molar refractivity (Wildman–Crippen MR) is 122 cm³/mol. The number of fused-ring (bicyclic) bond motifs is 5. The van der Waals surface area contributed by atoms with Gasteiger partial charge < -0.3 is 15.3 Å². The summed E-state index contributed by atoms with van der Waals surface area (Å²) in [5.74, 6) is 1.91. The maximum atomic E-state index is 14.4. The summed E-state index contributed by atoms with van der Waals surface area (Å²) in [4.78, 5) is 0. The molecule has 3 saturated carbocycles. The summed E-state index contributed by atoms with van der Waals surface area (Å²) in [5.41, 5.74) is 1.46. The van der Waals surface area contributed by atoms with Gasteiger partial charge in [0, 0.05) is 11.8 Å². The second-order valence-electron chi connectivity index (χ2n) is 12.3. The molecule has 4 aliphatic carbocycles. The molecule has 0 radical (unpaired) electrons. The third-order valence-electron chi connectivity index (χ3n) is 10.1. The van der Waals surface area contributed by atoms with Crippen LogP contribution < -0.4 is 0 Å². The summed E-state index contributed by atoms with van der Waals surface area (Å²) >= 11 is 0. The van der Waals surface area contributed by atoms with E-state index >= 15 is 0 Å². The van der Waals surface area contributed by atoms with E-state index in [2.05, 4.69) is 32.9 Å². The van der Waals surface area contributed by atoms with Crippen molar-refractivity contribution in [1.82, 2.24) is 0 Å². The number of hydrogen-bond acceptors (Lipinski definition) is 3. The molecule has 0 aliphatic heterocycles. The predicted octanol–water partition coefficient (Wildman–Crippen LogP) is 5.34. The standard InChI is InChI=1S/C27H43FO3/c1-16(6-11-23(28)25(2,3)31)20-9-10-21-19-8-7-17-14-18(29)15-24(30)27(17,5)22(19)12-13-26(20,21)4/h7-8,16,18,20-24,29-31H,6,9-15H2,1-5H3/t16-,18-,20-,21+,22+,23+,24+,26-,27+/m1/s1. The Kier molecular flexibility index (Phi) is 6.02. The van der Waals surface area contributed by atoms with E-state index in [9.17, 15) is 19.7 Å². The van der Waals surface area contributed by atoms with Crippen LogP contribution in [0.1, 0.15) is 86.0 Å². The van der Waals surface area contributed by atoms with E-state index in [0.717, 1.165) is 19.3 Å². The highest BCUT2D eigenvalue weighted by Crippen LogP contribution is 2.66. The summed E-state index contributed by atoms with van der Waals surface area (Å²) < 4.78 is 14.4. The number of halogens is 1. The highest BCUT2D eigenvalue weighted by molar-refractivity contribution is 5.40. The first-order chi connectivity index (χ1) is 14.4. The van der Waals surface area contributed by atoms with Gasteiger partial charge in [-0.15, -0.1) is 0 Å². The van der Waals surface area contributed by atoms with Gasteiger partial charge in [0.25, 0.3) is 0 Å². The molecule has 0 heterocycles. The molecule has 4 aliphatic rings. The molecule has 0 amide bonds. The van der Waals surface area contributed by atoms with Crippen molar-refractivity contribution in [2.45, 2.75) is 110 Å². The molecule has 4 rings (SSSR count). The fourth-order valence-electron chi connectivity index (χ4n) is 7.99. The van der Waals surface area contributed by atoms with Crippen LogP contribution in [0.4, 0.5) is 4.39 Å². The summed E-state index contributed by atoms with van der Waals surface area (Å²) in [6.45, 7) is 10.1. The molecule has 0 saturated heterocycles. The summed E-state index contributed by atoms with van der Waals surface area (Å²) in [6.07, 6.45) is 9.43. The topological polar surface area (TPSA) is 60.7 Å². The molecule has 4 heteroatoms. The first-order valence-electron chi connectivity index (χ1n) is 12.5. The van der Waals surface area contributed by atoms with Gasteiger partial charge in [-0.05, 0) is 87.9 Å². The van der Waals surface area contributed by atoms with Gasteiger partial charge in [-0.25, -0.2) is 4.39 Å². The fourth-order valence-corrected chi connectivity index (χ4v) is 7.99. The minimum absolute atomic E-state index is 0.225. The Balaban J connectivity index is 1.53. The van der Waals surface area contributed by atoms with Crippen LogP contribution in [0.5, 0.6) is 0 Å². The Morgan fingerprint density at radius 3 is 2.48 bits per heavy atom. The lowest BCUT2D eigenvalue weighted by Crippen LogP contribution is -2.52. The van der Waals surface area contributed by atoms with Gasteiger partial charge in [0.15, 0.2) is 0 Å². The highest BCUT2D eigenvalue weighted by Gasteiger charge is 2.58. The van der Waals surface area contributed by atoms with Crippen LogP contribution in [0.3, 0.4) is 0 Å². The third kappa shape index (κ3) is 3.75. The van der Waals surface area contributed by atoms with Crippen molar-refractivity contribution in [2.75, 3.05) is 0 Å². The van der Waals surface area contributed by atoms with Gasteiger partial charge in [-0.1, -0.05) is 44.1 Å². The van der Waals surface area contributed by atoms with Crippen molar-refractivity contribution in [3.8, 4) is 0 Å². The van der Waals surface area contributed by atoms with Crippen molar-refractivity contribution in [3.05, 3.63) is 23.3 Å². The van der Waals surface area contributed by atoms with Crippen LogP contribution in [-0.4, -0.2) is 39.3 Å². The molecular formula is C27H43FO3. The molecule has 176 valence electrons. The smallest absolute Gasteiger partial charge is 0.128 e. The largest absolute Gasteiger partial charge is 0.393 e. The van der Waals surface area contributed by atoms with Crippen LogP contribution >= 0.6 is 0 Å². The van der Waals surface area contributed by atoms with E-state index in [-0.39, 0.29) is 10.8 Å². The van der Waals surface area contributed by atoms with Crippen LogP contribution in [0.2, 0.25) is 0 Å². The number of rotatable bonds is 5. The first kappa shape index (κ1) is 23.4. The second kappa shape index (κ2) is 7.95. The van der Waals surface area contributed by atoms with Crippen LogP contribution in [0, 0.1) is 34.5 Å². The number of aliphatic hydroxyl groups excluding tert-OH is 2. The molecule has 0 spiro atoms. The molecule has 3 N–H and O–H groups in total. The number of aliphatic hydroxyl groups is 3. The third-order valence-corrected chi connectivity index (χ3v) is 10.1. The zero-order valence-corrected chi connectivity index (χ0v) is 20.1. The minimum Gasteiger partial charge on any atom is -0.393 e. The Bertz CT molecular complexity index is 752. The van der Waals surface area contributed by atoms with Crippen molar-refractivity contribution < 1.29 is 19.7 Å². The zero-order valence-electron chi connectivity index (χ0n) is 20.1. The minimum atomic E-state index is -1.26. The van der Waals surface area contributed by atoms with Gasteiger partial charge in [0.1, 0.15) is 6.17 Å². The number of hydrogen-bond donors (Lipinski definition) is 3. The normalized spacial score (nSPS) is 44.5. The molecule has 9 atom stereocenters. The lowest BCUT2D eigenvalue weighted by atomic mass is 9.49. The molecule has 0 aromatic heterocycles. The first-order valence-corrected chi connectivity index (χ1v) is 12.5. The van der Waals surface area contributed by atoms with Crippen molar-refractivity contribution in [2.24, 2.45) is 34.5 Å². The maximum absolute atomic E-state index is 14.4. The van der Waals surface area contributed by atoms with E-state index in [0.29, 0.717) is 42.9 Å². The molecule has 0 aromatic carbocycles. The van der Waals surface area contributed by atoms with Gasteiger partial charge in [0.2, 0.25) is 0 Å². The molecule has 31 heavy (non-hydrogen) atoms. The van der Waals surface area contributed by atoms with Crippen molar-refractivity contribution in [1.29, 1.82) is 0 Å². The van der Waals surface area contributed by atoms with Gasteiger partial charge in [-0.3, -0.25) is 0 Å². The van der Waals surface area contributed by atoms with Crippen LogP contribution in [0.15, 0.2) is 23.3 Å². The van der Waals surface area contributed by atoms with Crippen LogP contribution in [0.25, 0.3) is 0 Å². The Morgan fingerprint density at radius 2 is 1.81 bits per heavy atom. The molecule has 0 unspecified atom stereocenters. The Hall–Kier alpha value is -0.710. The highest BCUT2D eigenvalue weighted by atomic mass is 19.1. The SMILES string of the molecule is C[C@H](CC[C@H](F)C(C)(C)O)[C@H]1CC[C@H]2C3=CC=C4C[C@@H](O)C[C@H](O)[C@]4(C)[C@H]3CC[C@]12C. The average Bonchev–Trinajstić information content (AvgIpc) is 3.03. The van der Waals surface area contributed by atoms with Gasteiger partial charge in [0.05, 0.1) is 17.8 Å². The molecule has 0 bridgehead atoms. The van der Waals surface area contributed by atoms with E-state index in [1.54, 1.807) is 13.8 Å². The van der Waals surface area contributed by atoms with Gasteiger partial charge in [-0.2, -0.15) is 0 Å². The molecule has 0 aromatic rings. The summed E-state index contributed by atoms with van der Waals surface area (Å²) in [6, 6.07) is 0. The Labute approximate surface area is 187 Å². The molecule has 3 nitrogen and oxygen atoms in total. The van der Waals surface area contributed by atoms with E-state index < -0.39 is 24.0 Å². The Morgan fingerprint density at radius 1 is 1.10 bits per heavy atom. The second-order valence-corrected chi connectivity index (χ2v) is 12.3. The molecular weight excluding hydrogens is 391 g/mol. The summed E-state index contributed by atoms with van der Waals surface area (Å²) in [7, 11) is 0. The van der Waals surface area contributed by atoms with Crippen LogP contribution in [-0.2, 0) is 0 Å². The number of allylic oxidation sites excluding steroid dienone is 3. The number of alkyl halides is 1. The van der Waals surface area contributed by atoms with Gasteiger partial charge >= 0.3 is 0 Å². The van der Waals surface area contributed by atoms with Crippen molar-refractivity contribution >= 4 is 0 Å². The fraction of sp³-hybridized carbons (Fsp3) is 0.852. The van der Waals surface area contributed by atoms with E-state index in [4.69, 9.17) is 0 Å². The van der Waals surface area contributed by atoms with E-state index in [1.165, 1.54) is 24.0 Å². The zero-order chi connectivity index (χ0) is 22.8. The van der Waals surface area contributed by atoms with Crippen molar-refractivity contribution in [3.63, 3.8) is 0 Å². The quantitative estimate of drug-likeness (QED) is 0.547.